The Morgan fingerprint density at radius 3 is 2.29 bits per heavy atom. The maximum atomic E-state index is 12.5. The predicted molar refractivity (Wildman–Crippen MR) is 96.2 cm³/mol. The van der Waals surface area contributed by atoms with Crippen LogP contribution in [0.25, 0.3) is 5.69 Å². The van der Waals surface area contributed by atoms with E-state index >= 15 is 0 Å². The van der Waals surface area contributed by atoms with Crippen LogP contribution in [-0.4, -0.2) is 9.55 Å². The van der Waals surface area contributed by atoms with E-state index in [1.807, 2.05) is 48.5 Å². The van der Waals surface area contributed by atoms with Gasteiger partial charge in [0.1, 0.15) is 0 Å². The highest BCUT2D eigenvalue weighted by molar-refractivity contribution is 5.57. The Hall–Kier alpha value is -2.88. The van der Waals surface area contributed by atoms with Crippen LogP contribution in [0.15, 0.2) is 65.5 Å². The normalized spacial score (nSPS) is 13.3. The van der Waals surface area contributed by atoms with Crippen molar-refractivity contribution in [3.05, 3.63) is 82.3 Å². The molecule has 1 N–H and O–H groups in total. The van der Waals surface area contributed by atoms with E-state index in [0.29, 0.717) is 5.95 Å². The average Bonchev–Trinajstić information content (AvgIpc) is 2.64. The van der Waals surface area contributed by atoms with Gasteiger partial charge in [-0.1, -0.05) is 36.4 Å². The number of rotatable bonds is 3. The fourth-order valence-corrected chi connectivity index (χ4v) is 3.30. The van der Waals surface area contributed by atoms with E-state index in [9.17, 15) is 4.79 Å². The van der Waals surface area contributed by atoms with E-state index in [-0.39, 0.29) is 5.56 Å². The summed E-state index contributed by atoms with van der Waals surface area (Å²) in [6.07, 6.45) is 3.89. The van der Waals surface area contributed by atoms with Crippen molar-refractivity contribution in [2.24, 2.45) is 0 Å². The number of hydrogen-bond acceptors (Lipinski definition) is 3. The standard InChI is InChI=1S/C20H19N3O/c24-19-17-13-7-8-14-18(17)23(16-11-5-2-6-12-16)20(22-19)21-15-9-3-1-4-10-15/h1-6,9-12H,7-8,13-14H2,(H,21,22,24). The third-order valence-electron chi connectivity index (χ3n) is 4.43. The van der Waals surface area contributed by atoms with Gasteiger partial charge in [-0.25, -0.2) is 0 Å². The molecule has 3 aromatic rings. The molecule has 1 heterocycles. The summed E-state index contributed by atoms with van der Waals surface area (Å²) < 4.78 is 2.10. The summed E-state index contributed by atoms with van der Waals surface area (Å²) in [5.74, 6) is 0.582. The van der Waals surface area contributed by atoms with Gasteiger partial charge in [0.25, 0.3) is 5.56 Å². The summed E-state index contributed by atoms with van der Waals surface area (Å²) in [6, 6.07) is 20.0. The van der Waals surface area contributed by atoms with Gasteiger partial charge in [0.05, 0.1) is 0 Å². The number of aromatic nitrogens is 2. The highest BCUT2D eigenvalue weighted by Gasteiger charge is 2.20. The predicted octanol–water partition coefficient (Wildman–Crippen LogP) is 3.85. The zero-order valence-corrected chi connectivity index (χ0v) is 13.4. The van der Waals surface area contributed by atoms with E-state index in [1.165, 1.54) is 0 Å². The highest BCUT2D eigenvalue weighted by Crippen LogP contribution is 2.26. The Morgan fingerprint density at radius 2 is 1.54 bits per heavy atom. The van der Waals surface area contributed by atoms with Gasteiger partial charge >= 0.3 is 0 Å². The smallest absolute Gasteiger partial charge is 0.277 e. The van der Waals surface area contributed by atoms with E-state index in [1.54, 1.807) is 0 Å². The minimum Gasteiger partial charge on any atom is -0.325 e. The third-order valence-corrected chi connectivity index (χ3v) is 4.43. The van der Waals surface area contributed by atoms with Crippen molar-refractivity contribution in [1.29, 1.82) is 0 Å². The molecule has 0 unspecified atom stereocenters. The van der Waals surface area contributed by atoms with Gasteiger partial charge in [0, 0.05) is 22.6 Å². The van der Waals surface area contributed by atoms with Crippen LogP contribution in [0.4, 0.5) is 11.6 Å². The first-order valence-electron chi connectivity index (χ1n) is 8.35. The summed E-state index contributed by atoms with van der Waals surface area (Å²) >= 11 is 0. The van der Waals surface area contributed by atoms with Gasteiger partial charge in [-0.2, -0.15) is 4.98 Å². The van der Waals surface area contributed by atoms with Crippen molar-refractivity contribution in [1.82, 2.24) is 9.55 Å². The first kappa shape index (κ1) is 14.7. The molecule has 0 radical (unpaired) electrons. The van der Waals surface area contributed by atoms with Gasteiger partial charge < -0.3 is 5.32 Å². The molecule has 0 atom stereocenters. The van der Waals surface area contributed by atoms with Crippen molar-refractivity contribution < 1.29 is 0 Å². The molecule has 0 fully saturated rings. The first-order valence-corrected chi connectivity index (χ1v) is 8.35. The van der Waals surface area contributed by atoms with Crippen molar-refractivity contribution in [3.8, 4) is 5.69 Å². The maximum absolute atomic E-state index is 12.5. The Bertz CT molecular complexity index is 901. The van der Waals surface area contributed by atoms with Crippen molar-refractivity contribution in [3.63, 3.8) is 0 Å². The summed E-state index contributed by atoms with van der Waals surface area (Å²) in [5.41, 5.74) is 3.80. The highest BCUT2D eigenvalue weighted by atomic mass is 16.1. The molecule has 0 bridgehead atoms. The third kappa shape index (κ3) is 2.71. The summed E-state index contributed by atoms with van der Waals surface area (Å²) in [4.78, 5) is 16.8. The van der Waals surface area contributed by atoms with Crippen LogP contribution >= 0.6 is 0 Å². The molecule has 0 spiro atoms. The monoisotopic (exact) mass is 317 g/mol. The second-order valence-corrected chi connectivity index (χ2v) is 6.03. The minimum atomic E-state index is -0.102. The van der Waals surface area contributed by atoms with Crippen molar-refractivity contribution in [2.45, 2.75) is 25.7 Å². The Balaban J connectivity index is 1.92. The van der Waals surface area contributed by atoms with Crippen LogP contribution in [0.3, 0.4) is 0 Å². The number of benzene rings is 2. The van der Waals surface area contributed by atoms with Crippen LogP contribution in [0, 0.1) is 0 Å². The van der Waals surface area contributed by atoms with Gasteiger partial charge in [0.15, 0.2) is 0 Å². The van der Waals surface area contributed by atoms with Gasteiger partial charge in [-0.05, 0) is 49.9 Å². The quantitative estimate of drug-likeness (QED) is 0.798. The molecule has 120 valence electrons. The molecule has 0 saturated heterocycles. The van der Waals surface area contributed by atoms with Gasteiger partial charge in [-0.3, -0.25) is 9.36 Å². The van der Waals surface area contributed by atoms with Gasteiger partial charge in [0.2, 0.25) is 5.95 Å². The molecule has 0 amide bonds. The lowest BCUT2D eigenvalue weighted by atomic mass is 9.96. The lowest BCUT2D eigenvalue weighted by Gasteiger charge is -2.24. The van der Waals surface area contributed by atoms with E-state index in [4.69, 9.17) is 0 Å². The second-order valence-electron chi connectivity index (χ2n) is 6.03. The largest absolute Gasteiger partial charge is 0.325 e. The molecular formula is C20H19N3O. The number of para-hydroxylation sites is 2. The Kier molecular flexibility index (Phi) is 3.87. The Morgan fingerprint density at radius 1 is 0.875 bits per heavy atom. The zero-order chi connectivity index (χ0) is 16.4. The topological polar surface area (TPSA) is 46.9 Å². The van der Waals surface area contributed by atoms with Crippen LogP contribution in [-0.2, 0) is 12.8 Å². The fraction of sp³-hybridized carbons (Fsp3) is 0.200. The number of anilines is 2. The number of hydrogen-bond donors (Lipinski definition) is 1. The number of nitrogens with one attached hydrogen (secondary N) is 1. The average molecular weight is 317 g/mol. The van der Waals surface area contributed by atoms with Gasteiger partial charge in [-0.15, -0.1) is 0 Å². The molecule has 0 saturated carbocycles. The van der Waals surface area contributed by atoms with E-state index in [0.717, 1.165) is 48.3 Å². The van der Waals surface area contributed by atoms with Crippen LogP contribution in [0.1, 0.15) is 24.1 Å². The lowest BCUT2D eigenvalue weighted by Crippen LogP contribution is -2.26. The van der Waals surface area contributed by atoms with Crippen LogP contribution in [0.5, 0.6) is 0 Å². The molecule has 1 aromatic heterocycles. The molecule has 2 aromatic carbocycles. The van der Waals surface area contributed by atoms with Crippen molar-refractivity contribution >= 4 is 11.6 Å². The van der Waals surface area contributed by atoms with E-state index in [2.05, 4.69) is 27.0 Å². The number of nitrogens with zero attached hydrogens (tertiary/aromatic N) is 2. The molecule has 4 heteroatoms. The summed E-state index contributed by atoms with van der Waals surface area (Å²) in [5, 5.41) is 3.31. The van der Waals surface area contributed by atoms with Crippen LogP contribution < -0.4 is 10.9 Å². The Labute approximate surface area is 140 Å². The molecule has 4 nitrogen and oxygen atoms in total. The molecule has 1 aliphatic rings. The summed E-state index contributed by atoms with van der Waals surface area (Å²) in [7, 11) is 0. The minimum absolute atomic E-state index is 0.102. The maximum Gasteiger partial charge on any atom is 0.277 e. The van der Waals surface area contributed by atoms with Crippen LogP contribution in [0.2, 0.25) is 0 Å². The van der Waals surface area contributed by atoms with E-state index < -0.39 is 0 Å². The molecule has 24 heavy (non-hydrogen) atoms. The molecule has 4 rings (SSSR count). The molecule has 0 aliphatic heterocycles. The zero-order valence-electron chi connectivity index (χ0n) is 13.4. The second kappa shape index (κ2) is 6.32. The molecule has 1 aliphatic carbocycles. The first-order chi connectivity index (χ1) is 11.8. The number of fused-ring (bicyclic) bond motifs is 1. The fourth-order valence-electron chi connectivity index (χ4n) is 3.30. The lowest BCUT2D eigenvalue weighted by molar-refractivity contribution is 0.638. The SMILES string of the molecule is O=c1nc(Nc2ccccc2)n(-c2ccccc2)c2c1CCCC2. The summed E-state index contributed by atoms with van der Waals surface area (Å²) in [6.45, 7) is 0. The molecular weight excluding hydrogens is 298 g/mol. The van der Waals surface area contributed by atoms with Crippen molar-refractivity contribution in [2.75, 3.05) is 5.32 Å².